The highest BCUT2D eigenvalue weighted by Gasteiger charge is 2.51. The van der Waals surface area contributed by atoms with Crippen molar-refractivity contribution in [2.75, 3.05) is 11.9 Å². The number of amides is 2. The lowest BCUT2D eigenvalue weighted by atomic mass is 9.72. The molecule has 24 heavy (non-hydrogen) atoms. The van der Waals surface area contributed by atoms with Crippen molar-refractivity contribution < 1.29 is 9.59 Å². The van der Waals surface area contributed by atoms with Crippen molar-refractivity contribution in [3.8, 4) is 6.07 Å². The molecule has 2 unspecified atom stereocenters. The van der Waals surface area contributed by atoms with E-state index in [0.717, 1.165) is 31.4 Å². The molecule has 6 heteroatoms. The summed E-state index contributed by atoms with van der Waals surface area (Å²) in [6.07, 6.45) is 4.52. The Hall–Kier alpha value is -2.55. The average molecular weight is 326 g/mol. The molecule has 6 nitrogen and oxygen atoms in total. The van der Waals surface area contributed by atoms with E-state index in [1.54, 1.807) is 29.3 Å². The van der Waals surface area contributed by atoms with Crippen molar-refractivity contribution >= 4 is 17.5 Å². The molecule has 2 aliphatic rings. The number of rotatable bonds is 3. The van der Waals surface area contributed by atoms with Crippen LogP contribution in [0.5, 0.6) is 0 Å². The predicted octanol–water partition coefficient (Wildman–Crippen LogP) is 2.18. The highest BCUT2D eigenvalue weighted by atomic mass is 16.2. The van der Waals surface area contributed by atoms with E-state index in [2.05, 4.69) is 23.7 Å². The third-order valence-corrected chi connectivity index (χ3v) is 5.27. The van der Waals surface area contributed by atoms with E-state index >= 15 is 0 Å². The lowest BCUT2D eigenvalue weighted by Crippen LogP contribution is -2.57. The summed E-state index contributed by atoms with van der Waals surface area (Å²) >= 11 is 0. The first-order valence-electron chi connectivity index (χ1n) is 8.42. The largest absolute Gasteiger partial charge is 0.376 e. The molecule has 1 aromatic carbocycles. The molecule has 1 spiro atoms. The Morgan fingerprint density at radius 3 is 2.83 bits per heavy atom. The second-order valence-electron chi connectivity index (χ2n) is 6.73. The van der Waals surface area contributed by atoms with Crippen LogP contribution in [0.25, 0.3) is 0 Å². The maximum absolute atomic E-state index is 12.7. The smallest absolute Gasteiger partial charge is 0.260 e. The van der Waals surface area contributed by atoms with E-state index in [1.165, 1.54) is 0 Å². The molecule has 1 aromatic rings. The van der Waals surface area contributed by atoms with Crippen LogP contribution >= 0.6 is 0 Å². The second-order valence-corrected chi connectivity index (χ2v) is 6.73. The van der Waals surface area contributed by atoms with Crippen LogP contribution < -0.4 is 10.7 Å². The van der Waals surface area contributed by atoms with Crippen LogP contribution in [0.1, 0.15) is 44.6 Å². The Balaban J connectivity index is 1.68. The molecule has 1 saturated carbocycles. The third-order valence-electron chi connectivity index (χ3n) is 5.27. The van der Waals surface area contributed by atoms with Crippen LogP contribution in [0, 0.1) is 17.2 Å². The Labute approximate surface area is 141 Å². The van der Waals surface area contributed by atoms with E-state index in [0.29, 0.717) is 17.9 Å². The summed E-state index contributed by atoms with van der Waals surface area (Å²) in [7, 11) is 0. The average Bonchev–Trinajstić information content (AvgIpc) is 2.93. The standard InChI is InChI=1S/C18H22N4O2/c1-13-4-2-3-9-18(13)10-16(23)21-22(18)17(24)12-20-15-7-5-14(11-19)6-8-15/h5-8,13,20H,2-4,9-10,12H2,1H3,(H,21,23). The fraction of sp³-hybridized carbons (Fsp3) is 0.500. The van der Waals surface area contributed by atoms with Crippen LogP contribution in [0.3, 0.4) is 0 Å². The Morgan fingerprint density at radius 1 is 1.42 bits per heavy atom. The number of nitrogens with zero attached hydrogens (tertiary/aromatic N) is 2. The maximum Gasteiger partial charge on any atom is 0.260 e. The van der Waals surface area contributed by atoms with E-state index < -0.39 is 0 Å². The van der Waals surface area contributed by atoms with Gasteiger partial charge in [-0.1, -0.05) is 19.8 Å². The summed E-state index contributed by atoms with van der Waals surface area (Å²) < 4.78 is 0. The van der Waals surface area contributed by atoms with Crippen LogP contribution in [-0.4, -0.2) is 28.9 Å². The van der Waals surface area contributed by atoms with Gasteiger partial charge in [0.15, 0.2) is 0 Å². The van der Waals surface area contributed by atoms with Crippen molar-refractivity contribution in [2.24, 2.45) is 5.92 Å². The molecule has 0 aromatic heterocycles. The van der Waals surface area contributed by atoms with Gasteiger partial charge >= 0.3 is 0 Å². The zero-order chi connectivity index (χ0) is 17.2. The first-order chi connectivity index (χ1) is 11.5. The van der Waals surface area contributed by atoms with Crippen LogP contribution in [-0.2, 0) is 9.59 Å². The minimum atomic E-state index is -0.376. The molecule has 0 bridgehead atoms. The van der Waals surface area contributed by atoms with Crippen LogP contribution in [0.2, 0.25) is 0 Å². The zero-order valence-corrected chi connectivity index (χ0v) is 13.8. The molecule has 126 valence electrons. The van der Waals surface area contributed by atoms with Gasteiger partial charge in [-0.05, 0) is 43.0 Å². The number of anilines is 1. The topological polar surface area (TPSA) is 85.2 Å². The minimum absolute atomic E-state index is 0.0736. The van der Waals surface area contributed by atoms with Gasteiger partial charge < -0.3 is 5.32 Å². The number of hydrazine groups is 1. The number of hydrogen-bond acceptors (Lipinski definition) is 4. The first-order valence-corrected chi connectivity index (χ1v) is 8.42. The molecule has 0 radical (unpaired) electrons. The fourth-order valence-corrected chi connectivity index (χ4v) is 3.85. The third kappa shape index (κ3) is 2.94. The van der Waals surface area contributed by atoms with Crippen molar-refractivity contribution in [1.82, 2.24) is 10.4 Å². The number of carbonyl (C=O) groups is 2. The van der Waals surface area contributed by atoms with Gasteiger partial charge in [0.1, 0.15) is 0 Å². The molecule has 2 fully saturated rings. The highest BCUT2D eigenvalue weighted by molar-refractivity contribution is 5.89. The van der Waals surface area contributed by atoms with Gasteiger partial charge in [0.2, 0.25) is 5.91 Å². The van der Waals surface area contributed by atoms with E-state index in [4.69, 9.17) is 5.26 Å². The highest BCUT2D eigenvalue weighted by Crippen LogP contribution is 2.42. The lowest BCUT2D eigenvalue weighted by Gasteiger charge is -2.44. The maximum atomic E-state index is 12.7. The molecule has 1 aliphatic heterocycles. The quantitative estimate of drug-likeness (QED) is 0.891. The number of nitriles is 1. The number of nitrogens with one attached hydrogen (secondary N) is 2. The fourth-order valence-electron chi connectivity index (χ4n) is 3.85. The van der Waals surface area contributed by atoms with Gasteiger partial charge in [0.25, 0.3) is 5.91 Å². The van der Waals surface area contributed by atoms with Crippen LogP contribution in [0.15, 0.2) is 24.3 Å². The van der Waals surface area contributed by atoms with E-state index in [-0.39, 0.29) is 23.9 Å². The van der Waals surface area contributed by atoms with Gasteiger partial charge in [-0.2, -0.15) is 5.26 Å². The number of hydrogen-bond donors (Lipinski definition) is 2. The summed E-state index contributed by atoms with van der Waals surface area (Å²) in [6.45, 7) is 2.24. The molecule has 3 rings (SSSR count). The lowest BCUT2D eigenvalue weighted by molar-refractivity contribution is -0.142. The summed E-state index contributed by atoms with van der Waals surface area (Å²) in [5.41, 5.74) is 3.74. The number of benzene rings is 1. The predicted molar refractivity (Wildman–Crippen MR) is 89.6 cm³/mol. The molecule has 2 N–H and O–H groups in total. The van der Waals surface area contributed by atoms with Crippen molar-refractivity contribution in [2.45, 2.75) is 44.6 Å². The molecular weight excluding hydrogens is 304 g/mol. The first kappa shape index (κ1) is 16.3. The summed E-state index contributed by atoms with van der Waals surface area (Å²) in [6, 6.07) is 9.01. The summed E-state index contributed by atoms with van der Waals surface area (Å²) in [4.78, 5) is 24.7. The molecule has 2 atom stereocenters. The SMILES string of the molecule is CC1CCCCC12CC(=O)NN2C(=O)CNc1ccc(C#N)cc1. The Kier molecular flexibility index (Phi) is 4.43. The van der Waals surface area contributed by atoms with Gasteiger partial charge in [-0.15, -0.1) is 0 Å². The van der Waals surface area contributed by atoms with E-state index in [1.807, 2.05) is 0 Å². The monoisotopic (exact) mass is 326 g/mol. The minimum Gasteiger partial charge on any atom is -0.376 e. The molecular formula is C18H22N4O2. The molecule has 1 saturated heterocycles. The van der Waals surface area contributed by atoms with Crippen molar-refractivity contribution in [3.05, 3.63) is 29.8 Å². The molecule has 1 heterocycles. The van der Waals surface area contributed by atoms with Gasteiger partial charge in [0.05, 0.1) is 30.1 Å². The van der Waals surface area contributed by atoms with Gasteiger partial charge in [0, 0.05) is 5.69 Å². The number of carbonyl (C=O) groups excluding carboxylic acids is 2. The summed E-state index contributed by atoms with van der Waals surface area (Å²) in [5.74, 6) is 0.110. The molecule has 1 aliphatic carbocycles. The Morgan fingerprint density at radius 2 is 2.17 bits per heavy atom. The van der Waals surface area contributed by atoms with Crippen molar-refractivity contribution in [3.63, 3.8) is 0 Å². The summed E-state index contributed by atoms with van der Waals surface area (Å²) in [5, 5.41) is 13.5. The van der Waals surface area contributed by atoms with E-state index in [9.17, 15) is 9.59 Å². The molecule has 2 amide bonds. The van der Waals surface area contributed by atoms with Crippen LogP contribution in [0.4, 0.5) is 5.69 Å². The normalized spacial score (nSPS) is 26.1. The van der Waals surface area contributed by atoms with Gasteiger partial charge in [-0.3, -0.25) is 15.0 Å². The van der Waals surface area contributed by atoms with Crippen molar-refractivity contribution in [1.29, 1.82) is 5.26 Å². The second kappa shape index (κ2) is 6.52. The Bertz CT molecular complexity index is 679. The zero-order valence-electron chi connectivity index (χ0n) is 13.8. The van der Waals surface area contributed by atoms with Gasteiger partial charge in [-0.25, -0.2) is 5.01 Å².